The van der Waals surface area contributed by atoms with E-state index < -0.39 is 34.3 Å². The molecule has 0 atom stereocenters. The number of hydrogen-bond acceptors (Lipinski definition) is 0. The van der Waals surface area contributed by atoms with Gasteiger partial charge in [-0.3, -0.25) is 0 Å². The molecule has 0 N–H and O–H groups in total. The molecule has 0 bridgehead atoms. The molecule has 0 aliphatic heterocycles. The maximum atomic E-state index is 12.8. The van der Waals surface area contributed by atoms with Crippen LogP contribution in [0.5, 0.6) is 0 Å². The summed E-state index contributed by atoms with van der Waals surface area (Å²) in [5.41, 5.74) is -2.02. The molecule has 0 aliphatic carbocycles. The second kappa shape index (κ2) is 3.24. The summed E-state index contributed by atoms with van der Waals surface area (Å²) in [6.07, 6.45) is 0.677. The maximum Gasteiger partial charge on any atom is 0.168 e. The van der Waals surface area contributed by atoms with E-state index in [-0.39, 0.29) is 0 Å². The summed E-state index contributed by atoms with van der Waals surface area (Å²) in [5.74, 6) is -6.28. The van der Waals surface area contributed by atoms with Gasteiger partial charge in [-0.05, 0) is 5.46 Å². The first-order valence-corrected chi connectivity index (χ1v) is 3.24. The smallest absolute Gasteiger partial charge is 0.168 e. The summed E-state index contributed by atoms with van der Waals surface area (Å²) < 4.78 is 50.9. The van der Waals surface area contributed by atoms with Crippen molar-refractivity contribution < 1.29 is 17.6 Å². The molecule has 13 heavy (non-hydrogen) atoms. The Morgan fingerprint density at radius 1 is 0.923 bits per heavy atom. The Kier molecular flexibility index (Phi) is 2.45. The first-order chi connectivity index (χ1) is 6.00. The highest BCUT2D eigenvalue weighted by atomic mass is 19.2. The van der Waals surface area contributed by atoms with Crippen LogP contribution >= 0.6 is 0 Å². The van der Waals surface area contributed by atoms with Crippen molar-refractivity contribution in [2.24, 2.45) is 0 Å². The van der Waals surface area contributed by atoms with Crippen molar-refractivity contribution in [3.05, 3.63) is 35.4 Å². The van der Waals surface area contributed by atoms with E-state index in [1.165, 1.54) is 0 Å². The van der Waals surface area contributed by atoms with Crippen LogP contribution in [-0.4, -0.2) is 7.85 Å². The van der Waals surface area contributed by atoms with E-state index in [1.54, 1.807) is 0 Å². The van der Waals surface area contributed by atoms with Gasteiger partial charge in [0.1, 0.15) is 7.85 Å². The van der Waals surface area contributed by atoms with E-state index in [0.717, 1.165) is 0 Å². The molecule has 1 aromatic carbocycles. The molecule has 5 heteroatoms. The molecule has 66 valence electrons. The van der Waals surface area contributed by atoms with Crippen molar-refractivity contribution in [1.82, 2.24) is 0 Å². The molecule has 0 aliphatic rings. The Morgan fingerprint density at radius 3 is 1.62 bits per heavy atom. The summed E-state index contributed by atoms with van der Waals surface area (Å²) in [5, 5.41) is 0. The van der Waals surface area contributed by atoms with Crippen molar-refractivity contribution in [1.29, 1.82) is 0 Å². The van der Waals surface area contributed by atoms with Crippen LogP contribution in [0.2, 0.25) is 0 Å². The lowest BCUT2D eigenvalue weighted by Gasteiger charge is -2.05. The van der Waals surface area contributed by atoms with E-state index in [1.807, 2.05) is 0 Å². The molecule has 0 aromatic heterocycles. The molecule has 0 spiro atoms. The summed E-state index contributed by atoms with van der Waals surface area (Å²) in [6, 6.07) is 0. The Hall–Kier alpha value is -1.26. The SMILES string of the molecule is [B]c1c(F)c(F)c(C=C)c(F)c1F. The van der Waals surface area contributed by atoms with Crippen LogP contribution in [0.3, 0.4) is 0 Å². The van der Waals surface area contributed by atoms with Crippen LogP contribution in [0.15, 0.2) is 6.58 Å². The third kappa shape index (κ3) is 1.34. The summed E-state index contributed by atoms with van der Waals surface area (Å²) in [7, 11) is 4.74. The van der Waals surface area contributed by atoms with Crippen LogP contribution in [0.4, 0.5) is 17.6 Å². The zero-order chi connectivity index (χ0) is 10.2. The maximum absolute atomic E-state index is 12.8. The van der Waals surface area contributed by atoms with E-state index in [0.29, 0.717) is 6.08 Å². The zero-order valence-corrected chi connectivity index (χ0v) is 6.37. The lowest BCUT2D eigenvalue weighted by Crippen LogP contribution is -2.19. The average molecular weight is 186 g/mol. The van der Waals surface area contributed by atoms with Gasteiger partial charge >= 0.3 is 0 Å². The largest absolute Gasteiger partial charge is 0.204 e. The molecule has 0 unspecified atom stereocenters. The van der Waals surface area contributed by atoms with Gasteiger partial charge in [-0.15, -0.1) is 0 Å². The van der Waals surface area contributed by atoms with Gasteiger partial charge < -0.3 is 0 Å². The Morgan fingerprint density at radius 2 is 1.31 bits per heavy atom. The number of rotatable bonds is 1. The van der Waals surface area contributed by atoms with Crippen LogP contribution < -0.4 is 5.46 Å². The fourth-order valence-electron chi connectivity index (χ4n) is 0.845. The monoisotopic (exact) mass is 186 g/mol. The molecule has 0 amide bonds. The normalized spacial score (nSPS) is 10.2. The standard InChI is InChI=1S/C8H3BF4/c1-2-3-5(10)7(12)4(9)8(13)6(3)11/h2H,1H2. The van der Waals surface area contributed by atoms with E-state index in [2.05, 4.69) is 6.58 Å². The molecule has 0 nitrogen and oxygen atoms in total. The highest BCUT2D eigenvalue weighted by molar-refractivity contribution is 6.32. The summed E-state index contributed by atoms with van der Waals surface area (Å²) in [6.45, 7) is 3.01. The Labute approximate surface area is 73.3 Å². The predicted molar refractivity (Wildman–Crippen MR) is 41.8 cm³/mol. The predicted octanol–water partition coefficient (Wildman–Crippen LogP) is 1.68. The van der Waals surface area contributed by atoms with Gasteiger partial charge in [0.05, 0.1) is 5.56 Å². The third-order valence-electron chi connectivity index (χ3n) is 1.54. The second-order valence-electron chi connectivity index (χ2n) is 2.29. The van der Waals surface area contributed by atoms with Crippen LogP contribution in [0, 0.1) is 23.3 Å². The average Bonchev–Trinajstić information content (AvgIpc) is 2.13. The second-order valence-corrected chi connectivity index (χ2v) is 2.29. The highest BCUT2D eigenvalue weighted by Gasteiger charge is 2.20. The minimum atomic E-state index is -1.60. The van der Waals surface area contributed by atoms with Crippen LogP contribution in [0.25, 0.3) is 6.08 Å². The van der Waals surface area contributed by atoms with Crippen molar-refractivity contribution in [3.8, 4) is 0 Å². The topological polar surface area (TPSA) is 0 Å². The van der Waals surface area contributed by atoms with Gasteiger partial charge in [0, 0.05) is 0 Å². The van der Waals surface area contributed by atoms with Crippen LogP contribution in [-0.2, 0) is 0 Å². The van der Waals surface area contributed by atoms with Gasteiger partial charge in [0.15, 0.2) is 23.3 Å². The lowest BCUT2D eigenvalue weighted by atomic mass is 9.92. The molecule has 1 aromatic rings. The molecule has 1 rings (SSSR count). The molecule has 0 fully saturated rings. The number of hydrogen-bond donors (Lipinski definition) is 0. The lowest BCUT2D eigenvalue weighted by molar-refractivity contribution is 0.460. The summed E-state index contributed by atoms with van der Waals surface area (Å²) in [4.78, 5) is 0. The van der Waals surface area contributed by atoms with E-state index in [4.69, 9.17) is 7.85 Å². The molecule has 0 saturated carbocycles. The number of halogens is 4. The van der Waals surface area contributed by atoms with E-state index >= 15 is 0 Å². The van der Waals surface area contributed by atoms with Gasteiger partial charge in [0.25, 0.3) is 0 Å². The first-order valence-electron chi connectivity index (χ1n) is 3.24. The van der Waals surface area contributed by atoms with Crippen molar-refractivity contribution in [3.63, 3.8) is 0 Å². The minimum Gasteiger partial charge on any atom is -0.204 e. The molecule has 0 heterocycles. The summed E-state index contributed by atoms with van der Waals surface area (Å²) >= 11 is 0. The zero-order valence-electron chi connectivity index (χ0n) is 6.37. The first kappa shape index (κ1) is 9.83. The third-order valence-corrected chi connectivity index (χ3v) is 1.54. The highest BCUT2D eigenvalue weighted by Crippen LogP contribution is 2.17. The molecular formula is C8H3BF4. The van der Waals surface area contributed by atoms with Gasteiger partial charge in [-0.2, -0.15) is 0 Å². The van der Waals surface area contributed by atoms with Gasteiger partial charge in [-0.25, -0.2) is 17.6 Å². The molecule has 0 saturated heterocycles. The molecular weight excluding hydrogens is 183 g/mol. The minimum absolute atomic E-state index is 0.677. The van der Waals surface area contributed by atoms with Crippen molar-refractivity contribution in [2.75, 3.05) is 0 Å². The van der Waals surface area contributed by atoms with Gasteiger partial charge in [-0.1, -0.05) is 12.7 Å². The van der Waals surface area contributed by atoms with Gasteiger partial charge in [0.2, 0.25) is 0 Å². The Balaban J connectivity index is 3.66. The van der Waals surface area contributed by atoms with E-state index in [9.17, 15) is 17.6 Å². The number of benzene rings is 1. The fourth-order valence-corrected chi connectivity index (χ4v) is 0.845. The fraction of sp³-hybridized carbons (Fsp3) is 0. The Bertz CT molecular complexity index is 344. The van der Waals surface area contributed by atoms with Crippen molar-refractivity contribution >= 4 is 19.4 Å². The van der Waals surface area contributed by atoms with Crippen molar-refractivity contribution in [2.45, 2.75) is 0 Å². The quantitative estimate of drug-likeness (QED) is 0.355. The van der Waals surface area contributed by atoms with Crippen LogP contribution in [0.1, 0.15) is 5.56 Å². The molecule has 2 radical (unpaired) electrons.